The second-order valence-corrected chi connectivity index (χ2v) is 9.76. The number of carbonyl (C=O) groups is 1. The topological polar surface area (TPSA) is 52.6 Å². The fraction of sp³-hybridized carbons (Fsp3) is 0.458. The third kappa shape index (κ3) is 3.39. The first-order chi connectivity index (χ1) is 14.5. The Morgan fingerprint density at radius 1 is 1.00 bits per heavy atom. The van der Waals surface area contributed by atoms with E-state index in [0.717, 1.165) is 44.5 Å². The van der Waals surface area contributed by atoms with E-state index in [9.17, 15) is 9.90 Å². The molecule has 1 aliphatic heterocycles. The number of piperidine rings is 1. The summed E-state index contributed by atoms with van der Waals surface area (Å²) in [5.41, 5.74) is 0.323. The van der Waals surface area contributed by atoms with Crippen LogP contribution in [0.4, 0.5) is 5.69 Å². The SMILES string of the molecule is O=C(NC1C2CN(c3ccc(Cl)c(Cl)c3)C[C@@H]21)C(O)(c1ccccc1)C1CCCC1. The highest BCUT2D eigenvalue weighted by Gasteiger charge is 2.58. The van der Waals surface area contributed by atoms with Crippen molar-refractivity contribution in [3.8, 4) is 0 Å². The number of hydrogen-bond donors (Lipinski definition) is 2. The van der Waals surface area contributed by atoms with Crippen LogP contribution in [0.2, 0.25) is 10.0 Å². The van der Waals surface area contributed by atoms with E-state index in [-0.39, 0.29) is 17.9 Å². The van der Waals surface area contributed by atoms with Crippen molar-refractivity contribution in [3.63, 3.8) is 0 Å². The van der Waals surface area contributed by atoms with E-state index in [4.69, 9.17) is 23.2 Å². The first kappa shape index (κ1) is 20.2. The van der Waals surface area contributed by atoms with Gasteiger partial charge in [-0.3, -0.25) is 4.79 Å². The third-order valence-corrected chi connectivity index (χ3v) is 8.01. The van der Waals surface area contributed by atoms with Gasteiger partial charge in [0.25, 0.3) is 5.91 Å². The molecule has 1 saturated heterocycles. The largest absolute Gasteiger partial charge is 0.375 e. The number of amides is 1. The van der Waals surface area contributed by atoms with E-state index >= 15 is 0 Å². The first-order valence-electron chi connectivity index (χ1n) is 10.8. The lowest BCUT2D eigenvalue weighted by Gasteiger charge is -2.34. The van der Waals surface area contributed by atoms with E-state index < -0.39 is 5.60 Å². The van der Waals surface area contributed by atoms with Crippen LogP contribution in [-0.2, 0) is 10.4 Å². The number of hydrogen-bond acceptors (Lipinski definition) is 3. The summed E-state index contributed by atoms with van der Waals surface area (Å²) >= 11 is 12.2. The molecular formula is C24H26Cl2N2O2. The number of anilines is 1. The summed E-state index contributed by atoms with van der Waals surface area (Å²) in [6.45, 7) is 1.75. The molecule has 2 aliphatic carbocycles. The van der Waals surface area contributed by atoms with Gasteiger partial charge in [-0.2, -0.15) is 0 Å². The van der Waals surface area contributed by atoms with Gasteiger partial charge in [-0.25, -0.2) is 0 Å². The normalized spacial score (nSPS) is 27.6. The molecule has 5 rings (SSSR count). The van der Waals surface area contributed by atoms with Gasteiger partial charge < -0.3 is 15.3 Å². The Kier molecular flexibility index (Phi) is 5.20. The van der Waals surface area contributed by atoms with E-state index in [0.29, 0.717) is 27.4 Å². The molecule has 6 heteroatoms. The molecular weight excluding hydrogens is 419 g/mol. The highest BCUT2D eigenvalue weighted by atomic mass is 35.5. The van der Waals surface area contributed by atoms with Gasteiger partial charge in [0.15, 0.2) is 5.60 Å². The molecule has 3 aliphatic rings. The van der Waals surface area contributed by atoms with E-state index in [1.165, 1.54) is 0 Å². The molecule has 1 heterocycles. The summed E-state index contributed by atoms with van der Waals surface area (Å²) in [6, 6.07) is 15.3. The molecule has 3 unspecified atom stereocenters. The Balaban J connectivity index is 1.27. The van der Waals surface area contributed by atoms with Gasteiger partial charge in [-0.1, -0.05) is 66.4 Å². The molecule has 0 aromatic heterocycles. The van der Waals surface area contributed by atoms with Crippen molar-refractivity contribution in [1.82, 2.24) is 5.32 Å². The van der Waals surface area contributed by atoms with Crippen molar-refractivity contribution >= 4 is 34.8 Å². The van der Waals surface area contributed by atoms with Crippen molar-refractivity contribution < 1.29 is 9.90 Å². The van der Waals surface area contributed by atoms with Crippen LogP contribution in [0.5, 0.6) is 0 Å². The predicted molar refractivity (Wildman–Crippen MR) is 120 cm³/mol. The number of aliphatic hydroxyl groups is 1. The Morgan fingerprint density at radius 2 is 1.67 bits per heavy atom. The zero-order chi connectivity index (χ0) is 20.9. The zero-order valence-electron chi connectivity index (χ0n) is 16.7. The summed E-state index contributed by atoms with van der Waals surface area (Å²) in [6.07, 6.45) is 3.92. The van der Waals surface area contributed by atoms with Crippen LogP contribution in [0.25, 0.3) is 0 Å². The quantitative estimate of drug-likeness (QED) is 0.706. The van der Waals surface area contributed by atoms with Crippen LogP contribution in [0.3, 0.4) is 0 Å². The summed E-state index contributed by atoms with van der Waals surface area (Å²) in [5, 5.41) is 15.9. The molecule has 0 spiro atoms. The van der Waals surface area contributed by atoms with Gasteiger partial charge in [0.05, 0.1) is 10.0 Å². The Morgan fingerprint density at radius 3 is 2.30 bits per heavy atom. The van der Waals surface area contributed by atoms with Crippen LogP contribution >= 0.6 is 23.2 Å². The third-order valence-electron chi connectivity index (χ3n) is 7.27. The van der Waals surface area contributed by atoms with Crippen molar-refractivity contribution in [2.24, 2.45) is 17.8 Å². The maximum absolute atomic E-state index is 13.4. The standard InChI is InChI=1S/C24H26Cl2N2O2/c25-20-11-10-17(12-21(20)26)28-13-18-19(14-28)22(18)27-23(29)24(30,16-8-4-5-9-16)15-6-2-1-3-7-15/h1-3,6-7,10-12,16,18-19,22,30H,4-5,8-9,13-14H2,(H,27,29)/t18-,19?,22?,24?/m0/s1. The molecule has 0 radical (unpaired) electrons. The first-order valence-corrected chi connectivity index (χ1v) is 11.5. The number of fused-ring (bicyclic) bond motifs is 1. The van der Waals surface area contributed by atoms with E-state index in [1.807, 2.05) is 48.5 Å². The maximum atomic E-state index is 13.4. The monoisotopic (exact) mass is 444 g/mol. The average molecular weight is 445 g/mol. The molecule has 4 nitrogen and oxygen atoms in total. The lowest BCUT2D eigenvalue weighted by Crippen LogP contribution is -2.51. The lowest BCUT2D eigenvalue weighted by atomic mass is 9.79. The number of benzene rings is 2. The lowest BCUT2D eigenvalue weighted by molar-refractivity contribution is -0.147. The smallest absolute Gasteiger partial charge is 0.257 e. The summed E-state index contributed by atoms with van der Waals surface area (Å²) in [5.74, 6) is 0.561. The molecule has 2 N–H and O–H groups in total. The molecule has 4 atom stereocenters. The molecule has 2 aromatic carbocycles. The van der Waals surface area contributed by atoms with Crippen molar-refractivity contribution in [3.05, 3.63) is 64.1 Å². The van der Waals surface area contributed by atoms with Gasteiger partial charge in [0, 0.05) is 42.6 Å². The zero-order valence-corrected chi connectivity index (χ0v) is 18.2. The number of nitrogens with zero attached hydrogens (tertiary/aromatic N) is 1. The fourth-order valence-electron chi connectivity index (χ4n) is 5.48. The van der Waals surface area contributed by atoms with Gasteiger partial charge >= 0.3 is 0 Å². The van der Waals surface area contributed by atoms with Crippen molar-refractivity contribution in [2.75, 3.05) is 18.0 Å². The Labute approximate surface area is 187 Å². The van der Waals surface area contributed by atoms with Gasteiger partial charge in [0.2, 0.25) is 0 Å². The molecule has 2 aromatic rings. The van der Waals surface area contributed by atoms with Crippen molar-refractivity contribution in [2.45, 2.75) is 37.3 Å². The number of rotatable bonds is 5. The van der Waals surface area contributed by atoms with Crippen LogP contribution < -0.4 is 10.2 Å². The number of carbonyl (C=O) groups excluding carboxylic acids is 1. The van der Waals surface area contributed by atoms with Crippen LogP contribution in [-0.4, -0.2) is 30.1 Å². The Bertz CT molecular complexity index is 935. The van der Waals surface area contributed by atoms with Gasteiger partial charge in [-0.05, 0) is 36.6 Å². The second-order valence-electron chi connectivity index (χ2n) is 8.94. The van der Waals surface area contributed by atoms with Crippen LogP contribution in [0.15, 0.2) is 48.5 Å². The molecule has 1 amide bonds. The summed E-state index contributed by atoms with van der Waals surface area (Å²) < 4.78 is 0. The summed E-state index contributed by atoms with van der Waals surface area (Å²) in [4.78, 5) is 15.7. The predicted octanol–water partition coefficient (Wildman–Crippen LogP) is 4.62. The minimum absolute atomic E-state index is 0.0220. The highest BCUT2D eigenvalue weighted by molar-refractivity contribution is 6.42. The molecule has 158 valence electrons. The van der Waals surface area contributed by atoms with Crippen LogP contribution in [0.1, 0.15) is 31.2 Å². The van der Waals surface area contributed by atoms with Crippen molar-refractivity contribution in [1.29, 1.82) is 0 Å². The average Bonchev–Trinajstić information content (AvgIpc) is 3.19. The molecule has 0 bridgehead atoms. The van der Waals surface area contributed by atoms with E-state index in [2.05, 4.69) is 10.2 Å². The Hall–Kier alpha value is -1.75. The van der Waals surface area contributed by atoms with Gasteiger partial charge in [0.1, 0.15) is 0 Å². The molecule has 30 heavy (non-hydrogen) atoms. The van der Waals surface area contributed by atoms with Crippen LogP contribution in [0, 0.1) is 17.8 Å². The summed E-state index contributed by atoms with van der Waals surface area (Å²) in [7, 11) is 0. The minimum Gasteiger partial charge on any atom is -0.375 e. The fourth-order valence-corrected chi connectivity index (χ4v) is 5.77. The highest BCUT2D eigenvalue weighted by Crippen LogP contribution is 2.48. The van der Waals surface area contributed by atoms with E-state index in [1.54, 1.807) is 0 Å². The second kappa shape index (κ2) is 7.74. The molecule has 3 fully saturated rings. The number of nitrogens with one attached hydrogen (secondary N) is 1. The molecule has 2 saturated carbocycles. The van der Waals surface area contributed by atoms with Gasteiger partial charge in [-0.15, -0.1) is 0 Å². The number of halogens is 2. The maximum Gasteiger partial charge on any atom is 0.257 e. The minimum atomic E-state index is -1.45.